The number of aliphatic carboxylic acids is 1. The van der Waals surface area contributed by atoms with E-state index in [0.29, 0.717) is 5.56 Å². The van der Waals surface area contributed by atoms with Gasteiger partial charge in [0, 0.05) is 6.08 Å². The topological polar surface area (TPSA) is 90.2 Å². The van der Waals surface area contributed by atoms with Crippen molar-refractivity contribution in [3.8, 4) is 6.07 Å². The van der Waals surface area contributed by atoms with Gasteiger partial charge in [-0.15, -0.1) is 0 Å². The first kappa shape index (κ1) is 13.5. The lowest BCUT2D eigenvalue weighted by Crippen LogP contribution is -2.37. The molecule has 0 fully saturated rings. The molecule has 1 amide bonds. The molecule has 0 bridgehead atoms. The van der Waals surface area contributed by atoms with Crippen molar-refractivity contribution in [1.82, 2.24) is 5.32 Å². The molecule has 0 aliphatic carbocycles. The molecule has 0 aliphatic heterocycles. The number of nitrogens with zero attached hydrogens (tertiary/aromatic N) is 1. The molecule has 92 valence electrons. The van der Waals surface area contributed by atoms with Crippen molar-refractivity contribution in [3.63, 3.8) is 0 Å². The molecule has 0 radical (unpaired) electrons. The Balaban J connectivity index is 2.61. The number of carboxylic acids is 1. The summed E-state index contributed by atoms with van der Waals surface area (Å²) in [5.41, 5.74) is 1.29. The molecule has 1 atom stereocenters. The molecule has 1 aromatic rings. The van der Waals surface area contributed by atoms with Gasteiger partial charge in [-0.2, -0.15) is 5.26 Å². The van der Waals surface area contributed by atoms with Gasteiger partial charge in [0.2, 0.25) is 5.91 Å². The van der Waals surface area contributed by atoms with E-state index in [-0.39, 0.29) is 0 Å². The van der Waals surface area contributed by atoms with Crippen LogP contribution in [0.5, 0.6) is 0 Å². The highest BCUT2D eigenvalue weighted by molar-refractivity contribution is 5.94. The maximum absolute atomic E-state index is 11.3. The van der Waals surface area contributed by atoms with E-state index in [1.54, 1.807) is 30.3 Å². The Kier molecular flexibility index (Phi) is 4.64. The zero-order valence-corrected chi connectivity index (χ0v) is 9.75. The van der Waals surface area contributed by atoms with Crippen LogP contribution in [-0.4, -0.2) is 23.0 Å². The van der Waals surface area contributed by atoms with Crippen LogP contribution in [0.4, 0.5) is 0 Å². The van der Waals surface area contributed by atoms with Gasteiger partial charge in [0.15, 0.2) is 0 Å². The van der Waals surface area contributed by atoms with Gasteiger partial charge >= 0.3 is 5.97 Å². The van der Waals surface area contributed by atoms with Gasteiger partial charge in [-0.05, 0) is 30.7 Å². The highest BCUT2D eigenvalue weighted by Gasteiger charge is 2.11. The normalized spacial score (nSPS) is 11.8. The Labute approximate surface area is 104 Å². The van der Waals surface area contributed by atoms with Gasteiger partial charge in [-0.3, -0.25) is 9.59 Å². The summed E-state index contributed by atoms with van der Waals surface area (Å²) < 4.78 is 0. The van der Waals surface area contributed by atoms with Crippen LogP contribution < -0.4 is 5.32 Å². The third kappa shape index (κ3) is 4.10. The molecule has 0 aliphatic rings. The Hall–Kier alpha value is -2.61. The summed E-state index contributed by atoms with van der Waals surface area (Å²) in [5.74, 6) is -1.57. The van der Waals surface area contributed by atoms with E-state index < -0.39 is 17.9 Å². The molecule has 0 heterocycles. The van der Waals surface area contributed by atoms with Gasteiger partial charge in [0.25, 0.3) is 0 Å². The summed E-state index contributed by atoms with van der Waals surface area (Å²) in [6, 6.07) is 7.73. The Bertz CT molecular complexity index is 512. The molecule has 2 N–H and O–H groups in total. The molecule has 0 saturated heterocycles. The summed E-state index contributed by atoms with van der Waals surface area (Å²) in [6.45, 7) is 1.38. The number of amides is 1. The van der Waals surface area contributed by atoms with E-state index in [9.17, 15) is 9.59 Å². The van der Waals surface area contributed by atoms with Crippen LogP contribution in [0.15, 0.2) is 30.3 Å². The van der Waals surface area contributed by atoms with Crippen molar-refractivity contribution in [3.05, 3.63) is 41.5 Å². The van der Waals surface area contributed by atoms with Crippen molar-refractivity contribution in [2.24, 2.45) is 0 Å². The molecule has 5 nitrogen and oxygen atoms in total. The van der Waals surface area contributed by atoms with Crippen molar-refractivity contribution < 1.29 is 14.7 Å². The molecular formula is C13H12N2O3. The minimum absolute atomic E-state index is 0.478. The van der Waals surface area contributed by atoms with E-state index in [1.807, 2.05) is 6.07 Å². The first-order valence-corrected chi connectivity index (χ1v) is 5.24. The number of carbonyl (C=O) groups is 2. The van der Waals surface area contributed by atoms with Gasteiger partial charge in [0.1, 0.15) is 6.04 Å². The smallest absolute Gasteiger partial charge is 0.325 e. The summed E-state index contributed by atoms with van der Waals surface area (Å²) in [5, 5.41) is 19.5. The average molecular weight is 244 g/mol. The van der Waals surface area contributed by atoms with Crippen LogP contribution in [0.1, 0.15) is 18.1 Å². The number of carbonyl (C=O) groups excluding carboxylic acids is 1. The lowest BCUT2D eigenvalue weighted by Gasteiger charge is -2.05. The van der Waals surface area contributed by atoms with Crippen molar-refractivity contribution in [2.45, 2.75) is 13.0 Å². The zero-order chi connectivity index (χ0) is 13.5. The third-order valence-electron chi connectivity index (χ3n) is 2.20. The molecule has 18 heavy (non-hydrogen) atoms. The molecule has 1 rings (SSSR count). The van der Waals surface area contributed by atoms with Crippen LogP contribution in [0.25, 0.3) is 6.08 Å². The van der Waals surface area contributed by atoms with Gasteiger partial charge in [-0.1, -0.05) is 12.1 Å². The van der Waals surface area contributed by atoms with E-state index >= 15 is 0 Å². The number of hydrogen-bond acceptors (Lipinski definition) is 3. The second kappa shape index (κ2) is 6.21. The molecule has 0 aromatic heterocycles. The first-order valence-electron chi connectivity index (χ1n) is 5.24. The predicted molar refractivity (Wildman–Crippen MR) is 65.4 cm³/mol. The van der Waals surface area contributed by atoms with Gasteiger partial charge in [0.05, 0.1) is 11.6 Å². The largest absolute Gasteiger partial charge is 0.480 e. The highest BCUT2D eigenvalue weighted by Crippen LogP contribution is 2.04. The molecule has 5 heteroatoms. The number of nitriles is 1. The summed E-state index contributed by atoms with van der Waals surface area (Å²) in [4.78, 5) is 21.9. The van der Waals surface area contributed by atoms with Crippen molar-refractivity contribution in [1.29, 1.82) is 5.26 Å². The minimum atomic E-state index is -1.09. The summed E-state index contributed by atoms with van der Waals surface area (Å²) in [6.07, 6.45) is 2.80. The molecular weight excluding hydrogens is 232 g/mol. The van der Waals surface area contributed by atoms with E-state index in [1.165, 1.54) is 13.0 Å². The maximum Gasteiger partial charge on any atom is 0.325 e. The number of carboxylic acid groups (broad SMARTS) is 1. The quantitative estimate of drug-likeness (QED) is 0.777. The van der Waals surface area contributed by atoms with E-state index in [2.05, 4.69) is 5.32 Å². The first-order chi connectivity index (χ1) is 8.52. The predicted octanol–water partition coefficient (Wildman–Crippen LogP) is 1.16. The third-order valence-corrected chi connectivity index (χ3v) is 2.20. The van der Waals surface area contributed by atoms with E-state index in [0.717, 1.165) is 5.56 Å². The standard InChI is InChI=1S/C13H12N2O3/c1-9(13(17)18)15-12(16)7-6-10-2-4-11(8-14)5-3-10/h2-7,9H,1H3,(H,15,16)(H,17,18)/b7-6+/t9-/m0/s1. The Morgan fingerprint density at radius 3 is 2.50 bits per heavy atom. The summed E-state index contributed by atoms with van der Waals surface area (Å²) >= 11 is 0. The van der Waals surface area contributed by atoms with Crippen LogP contribution in [0.2, 0.25) is 0 Å². The monoisotopic (exact) mass is 244 g/mol. The number of benzene rings is 1. The lowest BCUT2D eigenvalue weighted by molar-refractivity contribution is -0.140. The molecule has 1 aromatic carbocycles. The fourth-order valence-electron chi connectivity index (χ4n) is 1.16. The van der Waals surface area contributed by atoms with Crippen molar-refractivity contribution in [2.75, 3.05) is 0 Å². The second-order valence-electron chi connectivity index (χ2n) is 3.64. The number of nitrogens with one attached hydrogen (secondary N) is 1. The number of hydrogen-bond donors (Lipinski definition) is 2. The van der Waals surface area contributed by atoms with Gasteiger partial charge < -0.3 is 10.4 Å². The minimum Gasteiger partial charge on any atom is -0.480 e. The average Bonchev–Trinajstić information content (AvgIpc) is 2.36. The van der Waals surface area contributed by atoms with Crippen LogP contribution >= 0.6 is 0 Å². The second-order valence-corrected chi connectivity index (χ2v) is 3.64. The fourth-order valence-corrected chi connectivity index (χ4v) is 1.16. The van der Waals surface area contributed by atoms with E-state index in [4.69, 9.17) is 10.4 Å². The maximum atomic E-state index is 11.3. The zero-order valence-electron chi connectivity index (χ0n) is 9.75. The van der Waals surface area contributed by atoms with Crippen molar-refractivity contribution >= 4 is 18.0 Å². The molecule has 0 unspecified atom stereocenters. The van der Waals surface area contributed by atoms with Gasteiger partial charge in [-0.25, -0.2) is 0 Å². The Morgan fingerprint density at radius 2 is 2.00 bits per heavy atom. The fraction of sp³-hybridized carbons (Fsp3) is 0.154. The van der Waals surface area contributed by atoms with Crippen LogP contribution in [0, 0.1) is 11.3 Å². The Morgan fingerprint density at radius 1 is 1.39 bits per heavy atom. The highest BCUT2D eigenvalue weighted by atomic mass is 16.4. The SMILES string of the molecule is C[C@H](NC(=O)/C=C/c1ccc(C#N)cc1)C(=O)O. The summed E-state index contributed by atoms with van der Waals surface area (Å²) in [7, 11) is 0. The lowest BCUT2D eigenvalue weighted by atomic mass is 10.1. The molecule has 0 spiro atoms. The molecule has 0 saturated carbocycles. The number of rotatable bonds is 4. The van der Waals surface area contributed by atoms with Crippen LogP contribution in [-0.2, 0) is 9.59 Å². The van der Waals surface area contributed by atoms with Crippen LogP contribution in [0.3, 0.4) is 0 Å².